The van der Waals surface area contributed by atoms with Gasteiger partial charge >= 0.3 is 0 Å². The van der Waals surface area contributed by atoms with Crippen LogP contribution in [0.4, 0.5) is 0 Å². The van der Waals surface area contributed by atoms with Crippen molar-refractivity contribution >= 4 is 20.9 Å². The lowest BCUT2D eigenvalue weighted by molar-refractivity contribution is -0.220. The van der Waals surface area contributed by atoms with Gasteiger partial charge in [-0.25, -0.2) is 0 Å². The van der Waals surface area contributed by atoms with Crippen molar-refractivity contribution in [3.63, 3.8) is 0 Å². The van der Waals surface area contributed by atoms with Crippen molar-refractivity contribution in [2.45, 2.75) is 23.9 Å². The number of ether oxygens (including phenoxy) is 1. The third-order valence-corrected chi connectivity index (χ3v) is 5.07. The maximum absolute atomic E-state index is 12.3. The molecule has 0 fully saturated rings. The molecule has 2 aromatic rings. The zero-order chi connectivity index (χ0) is 16.1. The van der Waals surface area contributed by atoms with Crippen molar-refractivity contribution in [2.75, 3.05) is 7.11 Å². The third kappa shape index (κ3) is 2.16. The minimum absolute atomic E-state index is 0.0698. The minimum Gasteiger partial charge on any atom is -0.507 e. The van der Waals surface area contributed by atoms with Gasteiger partial charge in [0.05, 0.1) is 12.7 Å². The maximum atomic E-state index is 12.3. The Morgan fingerprint density at radius 3 is 2.50 bits per heavy atom. The van der Waals surface area contributed by atoms with E-state index in [2.05, 4.69) is 4.18 Å². The Bertz CT molecular complexity index is 844. The van der Waals surface area contributed by atoms with Gasteiger partial charge in [-0.1, -0.05) is 24.3 Å². The molecule has 0 aromatic heterocycles. The molecular weight excluding hydrogens is 312 g/mol. The van der Waals surface area contributed by atoms with E-state index in [1.165, 1.54) is 12.1 Å². The summed E-state index contributed by atoms with van der Waals surface area (Å²) in [5, 5.41) is 30.5. The van der Waals surface area contributed by atoms with Crippen molar-refractivity contribution in [3.8, 4) is 5.75 Å². The molecule has 118 valence electrons. The molecule has 0 spiro atoms. The number of benzene rings is 2. The summed E-state index contributed by atoms with van der Waals surface area (Å²) in [6, 6.07) is 6.30. The Labute approximate surface area is 126 Å². The fourth-order valence-corrected chi connectivity index (χ4v) is 3.85. The van der Waals surface area contributed by atoms with Gasteiger partial charge in [-0.2, -0.15) is 8.42 Å². The van der Waals surface area contributed by atoms with Crippen LogP contribution in [0, 0.1) is 0 Å². The molecule has 1 aliphatic rings. The van der Waals surface area contributed by atoms with Crippen LogP contribution < -0.4 is 0 Å². The average molecular weight is 326 g/mol. The van der Waals surface area contributed by atoms with Crippen LogP contribution in [0.3, 0.4) is 0 Å². The molecule has 0 saturated carbocycles. The molecule has 2 aromatic carbocycles. The molecule has 1 aliphatic heterocycles. The first-order valence-corrected chi connectivity index (χ1v) is 7.86. The number of aliphatic hydroxyl groups excluding tert-OH is 2. The van der Waals surface area contributed by atoms with E-state index in [1.54, 1.807) is 12.1 Å². The van der Waals surface area contributed by atoms with Gasteiger partial charge in [0.25, 0.3) is 10.1 Å². The first-order valence-electron chi connectivity index (χ1n) is 6.45. The van der Waals surface area contributed by atoms with Crippen LogP contribution >= 0.6 is 0 Å². The number of aliphatic hydroxyl groups is 2. The normalized spacial score (nSPS) is 21.8. The summed E-state index contributed by atoms with van der Waals surface area (Å²) in [6.45, 7) is 0. The molecule has 2 unspecified atom stereocenters. The van der Waals surface area contributed by atoms with Crippen molar-refractivity contribution in [3.05, 3.63) is 35.4 Å². The molecule has 3 rings (SSSR count). The Balaban J connectivity index is 2.52. The van der Waals surface area contributed by atoms with Gasteiger partial charge in [0.2, 0.25) is 0 Å². The molecule has 7 nitrogen and oxygen atoms in total. The number of phenolic OH excluding ortho intramolecular Hbond substituents is 1. The Morgan fingerprint density at radius 1 is 1.23 bits per heavy atom. The summed E-state index contributed by atoms with van der Waals surface area (Å²) >= 11 is 0. The summed E-state index contributed by atoms with van der Waals surface area (Å²) < 4.78 is 34.1. The van der Waals surface area contributed by atoms with E-state index in [9.17, 15) is 23.7 Å². The fourth-order valence-electron chi connectivity index (χ4n) is 2.74. The van der Waals surface area contributed by atoms with Crippen LogP contribution in [0.1, 0.15) is 17.4 Å². The second-order valence-electron chi connectivity index (χ2n) is 4.88. The lowest BCUT2D eigenvalue weighted by Crippen LogP contribution is -2.28. The van der Waals surface area contributed by atoms with Crippen molar-refractivity contribution in [2.24, 2.45) is 0 Å². The predicted octanol–water partition coefficient (Wildman–Crippen LogP) is 0.762. The van der Waals surface area contributed by atoms with Gasteiger partial charge in [0.1, 0.15) is 10.6 Å². The highest BCUT2D eigenvalue weighted by Gasteiger charge is 2.35. The summed E-state index contributed by atoms with van der Waals surface area (Å²) in [7, 11) is -3.10. The van der Waals surface area contributed by atoms with E-state index in [0.29, 0.717) is 0 Å². The van der Waals surface area contributed by atoms with E-state index in [4.69, 9.17) is 4.74 Å². The largest absolute Gasteiger partial charge is 0.507 e. The highest BCUT2D eigenvalue weighted by molar-refractivity contribution is 7.87. The lowest BCUT2D eigenvalue weighted by atomic mass is 9.95. The second-order valence-corrected chi connectivity index (χ2v) is 6.53. The van der Waals surface area contributed by atoms with E-state index in [0.717, 1.165) is 7.11 Å². The van der Waals surface area contributed by atoms with Crippen LogP contribution in [0.25, 0.3) is 10.8 Å². The van der Waals surface area contributed by atoms with Crippen LogP contribution in [-0.2, 0) is 25.5 Å². The lowest BCUT2D eigenvalue weighted by Gasteiger charge is -2.29. The molecule has 0 saturated heterocycles. The number of phenols is 1. The highest BCUT2D eigenvalue weighted by atomic mass is 32.2. The highest BCUT2D eigenvalue weighted by Crippen LogP contribution is 2.44. The molecule has 0 amide bonds. The number of rotatable bonds is 2. The van der Waals surface area contributed by atoms with Crippen molar-refractivity contribution in [1.29, 1.82) is 0 Å². The van der Waals surface area contributed by atoms with Crippen molar-refractivity contribution in [1.82, 2.24) is 0 Å². The molecule has 2 atom stereocenters. The van der Waals surface area contributed by atoms with Crippen LogP contribution in [0.5, 0.6) is 5.75 Å². The van der Waals surface area contributed by atoms with Gasteiger partial charge in [0, 0.05) is 17.2 Å². The van der Waals surface area contributed by atoms with Crippen LogP contribution in [0.2, 0.25) is 0 Å². The summed E-state index contributed by atoms with van der Waals surface area (Å²) in [5.74, 6) is -0.278. The maximum Gasteiger partial charge on any atom is 0.297 e. The molecule has 22 heavy (non-hydrogen) atoms. The van der Waals surface area contributed by atoms with Crippen molar-refractivity contribution < 1.29 is 32.7 Å². The van der Waals surface area contributed by atoms with E-state index < -0.39 is 22.7 Å². The minimum atomic E-state index is -4.12. The van der Waals surface area contributed by atoms with Gasteiger partial charge in [0.15, 0.2) is 12.6 Å². The SMILES string of the molecule is COS(=O)(=O)c1c2c(c(O)c3ccccc13)C(O)OC(O)C2. The summed E-state index contributed by atoms with van der Waals surface area (Å²) in [4.78, 5) is -0.181. The number of hydrogen-bond acceptors (Lipinski definition) is 7. The fraction of sp³-hybridized carbons (Fsp3) is 0.286. The number of fused-ring (bicyclic) bond motifs is 2. The van der Waals surface area contributed by atoms with Crippen LogP contribution in [-0.4, -0.2) is 37.1 Å². The molecule has 0 bridgehead atoms. The number of aromatic hydroxyl groups is 1. The average Bonchev–Trinajstić information content (AvgIpc) is 2.46. The first-order chi connectivity index (χ1) is 10.4. The van der Waals surface area contributed by atoms with E-state index in [-0.39, 0.29) is 39.0 Å². The van der Waals surface area contributed by atoms with Gasteiger partial charge < -0.3 is 20.1 Å². The molecular formula is C14H14O7S. The van der Waals surface area contributed by atoms with Gasteiger partial charge in [-0.15, -0.1) is 0 Å². The smallest absolute Gasteiger partial charge is 0.297 e. The van der Waals surface area contributed by atoms with Gasteiger partial charge in [-0.3, -0.25) is 4.18 Å². The molecule has 8 heteroatoms. The summed E-state index contributed by atoms with van der Waals surface area (Å²) in [6.07, 6.45) is -3.20. The standard InChI is InChI=1S/C14H14O7S/c1-20-22(18,19)13-8-5-3-2-4-7(8)12(16)11-9(13)6-10(15)21-14(11)17/h2-5,10,14-17H,6H2,1H3. The van der Waals surface area contributed by atoms with E-state index >= 15 is 0 Å². The molecule has 3 N–H and O–H groups in total. The monoisotopic (exact) mass is 326 g/mol. The third-order valence-electron chi connectivity index (χ3n) is 3.66. The Kier molecular flexibility index (Phi) is 3.58. The molecule has 1 heterocycles. The van der Waals surface area contributed by atoms with Gasteiger partial charge in [-0.05, 0) is 5.56 Å². The van der Waals surface area contributed by atoms with Crippen LogP contribution in [0.15, 0.2) is 29.2 Å². The topological polar surface area (TPSA) is 113 Å². The second kappa shape index (κ2) is 5.18. The number of hydrogen-bond donors (Lipinski definition) is 3. The molecule has 0 radical (unpaired) electrons. The predicted molar refractivity (Wildman–Crippen MR) is 75.6 cm³/mol. The van der Waals surface area contributed by atoms with E-state index in [1.807, 2.05) is 0 Å². The first kappa shape index (κ1) is 15.2. The Hall–Kier alpha value is -1.71. The zero-order valence-corrected chi connectivity index (χ0v) is 12.4. The zero-order valence-electron chi connectivity index (χ0n) is 11.6. The Morgan fingerprint density at radius 2 is 1.86 bits per heavy atom. The molecule has 0 aliphatic carbocycles. The summed E-state index contributed by atoms with van der Waals surface area (Å²) in [5.41, 5.74) is 0.0175. The quantitative estimate of drug-likeness (QED) is 0.698.